The Morgan fingerprint density at radius 3 is 2.15 bits per heavy atom. The van der Waals surface area contributed by atoms with Crippen molar-refractivity contribution in [3.05, 3.63) is 29.8 Å². The molecule has 0 amide bonds. The first kappa shape index (κ1) is 15.1. The molecule has 3 heteroatoms. The maximum Gasteiger partial charge on any atom is 0.158 e. The molecule has 1 N–H and O–H groups in total. The fourth-order valence-corrected chi connectivity index (χ4v) is 2.34. The van der Waals surface area contributed by atoms with E-state index in [-0.39, 0.29) is 10.8 Å². The van der Waals surface area contributed by atoms with Gasteiger partial charge in [0.25, 0.3) is 0 Å². The maximum absolute atomic E-state index is 10.2. The summed E-state index contributed by atoms with van der Waals surface area (Å²) in [7, 11) is 0.955. The highest BCUT2D eigenvalue weighted by Crippen LogP contribution is 2.47. The lowest BCUT2D eigenvalue weighted by atomic mass is 9.56. The zero-order valence-electron chi connectivity index (χ0n) is 13.0. The van der Waals surface area contributed by atoms with Crippen LogP contribution in [0.15, 0.2) is 24.3 Å². The predicted octanol–water partition coefficient (Wildman–Crippen LogP) is 2.52. The van der Waals surface area contributed by atoms with Crippen LogP contribution < -0.4 is 5.46 Å². The Morgan fingerprint density at radius 1 is 1.20 bits per heavy atom. The number of rotatable bonds is 5. The van der Waals surface area contributed by atoms with Gasteiger partial charge in [0.2, 0.25) is 0 Å². The first-order valence-electron chi connectivity index (χ1n) is 7.43. The number of hydrogen-bond donors (Lipinski definition) is 1. The molecule has 2 nitrogen and oxygen atoms in total. The SMILES string of the molecule is CC(C)(O)C(C)(C)CBc1ccc(C2(C#N)CC2)cc1. The minimum atomic E-state index is -0.675. The summed E-state index contributed by atoms with van der Waals surface area (Å²) in [6.45, 7) is 7.96. The Balaban J connectivity index is 2.01. The minimum absolute atomic E-state index is 0.115. The molecule has 1 aliphatic carbocycles. The molecule has 0 unspecified atom stereocenters. The van der Waals surface area contributed by atoms with Crippen LogP contribution in [-0.2, 0) is 5.41 Å². The minimum Gasteiger partial charge on any atom is -0.390 e. The largest absolute Gasteiger partial charge is 0.390 e. The summed E-state index contributed by atoms with van der Waals surface area (Å²) in [6.07, 6.45) is 2.93. The molecule has 1 saturated carbocycles. The van der Waals surface area contributed by atoms with Crippen LogP contribution in [0.25, 0.3) is 0 Å². The second-order valence-corrected chi connectivity index (χ2v) is 7.33. The fraction of sp³-hybridized carbons (Fsp3) is 0.588. The first-order valence-corrected chi connectivity index (χ1v) is 7.43. The van der Waals surface area contributed by atoms with E-state index in [0.717, 1.165) is 32.0 Å². The van der Waals surface area contributed by atoms with Crippen molar-refractivity contribution in [3.8, 4) is 6.07 Å². The van der Waals surface area contributed by atoms with Gasteiger partial charge in [0.05, 0.1) is 17.1 Å². The van der Waals surface area contributed by atoms with E-state index >= 15 is 0 Å². The van der Waals surface area contributed by atoms with E-state index in [1.807, 2.05) is 13.8 Å². The summed E-state index contributed by atoms with van der Waals surface area (Å²) < 4.78 is 0. The smallest absolute Gasteiger partial charge is 0.158 e. The van der Waals surface area contributed by atoms with Crippen LogP contribution in [0, 0.1) is 16.7 Å². The molecule has 0 aromatic heterocycles. The third-order valence-corrected chi connectivity index (χ3v) is 5.17. The Bertz CT molecular complexity index is 515. The third kappa shape index (κ3) is 2.91. The van der Waals surface area contributed by atoms with Gasteiger partial charge in [-0.25, -0.2) is 0 Å². The molecule has 1 aromatic rings. The van der Waals surface area contributed by atoms with Crippen LogP contribution in [0.1, 0.15) is 46.1 Å². The van der Waals surface area contributed by atoms with E-state index in [0.29, 0.717) is 0 Å². The molecule has 1 aliphatic rings. The Morgan fingerprint density at radius 2 is 1.75 bits per heavy atom. The van der Waals surface area contributed by atoms with E-state index in [1.54, 1.807) is 0 Å². The highest BCUT2D eigenvalue weighted by molar-refractivity contribution is 6.53. The molecule has 0 radical (unpaired) electrons. The van der Waals surface area contributed by atoms with Crippen molar-refractivity contribution in [1.29, 1.82) is 5.26 Å². The second kappa shape index (κ2) is 4.93. The van der Waals surface area contributed by atoms with Gasteiger partial charge in [0.1, 0.15) is 0 Å². The second-order valence-electron chi connectivity index (χ2n) is 7.33. The van der Waals surface area contributed by atoms with Gasteiger partial charge in [-0.15, -0.1) is 0 Å². The lowest BCUT2D eigenvalue weighted by Gasteiger charge is -2.37. The van der Waals surface area contributed by atoms with E-state index in [9.17, 15) is 10.4 Å². The molecule has 1 aromatic carbocycles. The molecule has 0 saturated heterocycles. The van der Waals surface area contributed by atoms with Gasteiger partial charge in [0, 0.05) is 0 Å². The number of nitriles is 1. The number of hydrogen-bond acceptors (Lipinski definition) is 2. The van der Waals surface area contributed by atoms with Crippen molar-refractivity contribution in [1.82, 2.24) is 0 Å². The zero-order valence-corrected chi connectivity index (χ0v) is 13.0. The van der Waals surface area contributed by atoms with Crippen LogP contribution in [0.2, 0.25) is 6.32 Å². The van der Waals surface area contributed by atoms with Crippen LogP contribution in [0.5, 0.6) is 0 Å². The van der Waals surface area contributed by atoms with Crippen molar-refractivity contribution < 1.29 is 5.11 Å². The quantitative estimate of drug-likeness (QED) is 0.835. The van der Waals surface area contributed by atoms with Crippen LogP contribution in [0.4, 0.5) is 0 Å². The fourth-order valence-electron chi connectivity index (χ4n) is 2.34. The van der Waals surface area contributed by atoms with Crippen molar-refractivity contribution in [2.75, 3.05) is 0 Å². The first-order chi connectivity index (χ1) is 9.20. The highest BCUT2D eigenvalue weighted by atomic mass is 16.3. The van der Waals surface area contributed by atoms with Gasteiger partial charge in [-0.3, -0.25) is 0 Å². The highest BCUT2D eigenvalue weighted by Gasteiger charge is 2.44. The molecule has 0 aliphatic heterocycles. The Labute approximate surface area is 123 Å². The summed E-state index contributed by atoms with van der Waals surface area (Å²) in [5.74, 6) is 0. The standard InChI is InChI=1S/C17H24BNO/c1-15(2,16(3,4)20)11-18-14-7-5-13(6-8-14)17(12-19)9-10-17/h5-8,18,20H,9-11H2,1-4H3. The van der Waals surface area contributed by atoms with Gasteiger partial charge >= 0.3 is 0 Å². The number of aliphatic hydroxyl groups is 1. The maximum atomic E-state index is 10.2. The van der Waals surface area contributed by atoms with Crippen molar-refractivity contribution >= 4 is 12.7 Å². The van der Waals surface area contributed by atoms with Gasteiger partial charge < -0.3 is 5.11 Å². The zero-order chi connectivity index (χ0) is 15.0. The van der Waals surface area contributed by atoms with Crippen molar-refractivity contribution in [3.63, 3.8) is 0 Å². The monoisotopic (exact) mass is 269 g/mol. The molecule has 106 valence electrons. The van der Waals surface area contributed by atoms with Crippen molar-refractivity contribution in [2.24, 2.45) is 5.41 Å². The average Bonchev–Trinajstić information content (AvgIpc) is 3.17. The average molecular weight is 269 g/mol. The van der Waals surface area contributed by atoms with Crippen molar-refractivity contribution in [2.45, 2.75) is 57.9 Å². The van der Waals surface area contributed by atoms with Crippen LogP contribution >= 0.6 is 0 Å². The van der Waals surface area contributed by atoms with Gasteiger partial charge in [-0.1, -0.05) is 49.9 Å². The summed E-state index contributed by atoms with van der Waals surface area (Å²) >= 11 is 0. The Hall–Kier alpha value is -1.27. The molecule has 20 heavy (non-hydrogen) atoms. The molecular weight excluding hydrogens is 245 g/mol. The summed E-state index contributed by atoms with van der Waals surface area (Å²) in [4.78, 5) is 0. The predicted molar refractivity (Wildman–Crippen MR) is 84.6 cm³/mol. The summed E-state index contributed by atoms with van der Waals surface area (Å²) in [5.41, 5.74) is 1.46. The van der Waals surface area contributed by atoms with E-state index in [1.165, 1.54) is 5.46 Å². The summed E-state index contributed by atoms with van der Waals surface area (Å²) in [6, 6.07) is 10.9. The number of nitrogens with zero attached hydrogens (tertiary/aromatic N) is 1. The summed E-state index contributed by atoms with van der Waals surface area (Å²) in [5, 5.41) is 19.4. The molecule has 0 atom stereocenters. The topological polar surface area (TPSA) is 44.0 Å². The van der Waals surface area contributed by atoms with Crippen LogP contribution in [-0.4, -0.2) is 18.0 Å². The molecule has 2 rings (SSSR count). The lowest BCUT2D eigenvalue weighted by molar-refractivity contribution is -0.0236. The van der Waals surface area contributed by atoms with Crippen LogP contribution in [0.3, 0.4) is 0 Å². The van der Waals surface area contributed by atoms with Gasteiger partial charge in [-0.2, -0.15) is 5.26 Å². The van der Waals surface area contributed by atoms with Gasteiger partial charge in [-0.05, 0) is 37.7 Å². The molecular formula is C17H24BNO. The van der Waals surface area contributed by atoms with E-state index < -0.39 is 5.60 Å². The normalized spacial score (nSPS) is 17.4. The third-order valence-electron chi connectivity index (χ3n) is 5.17. The Kier molecular flexibility index (Phi) is 3.73. The lowest BCUT2D eigenvalue weighted by Crippen LogP contribution is -2.40. The van der Waals surface area contributed by atoms with E-state index in [2.05, 4.69) is 44.2 Å². The molecule has 0 spiro atoms. The number of benzene rings is 1. The molecule has 1 fully saturated rings. The van der Waals surface area contributed by atoms with E-state index in [4.69, 9.17) is 0 Å². The molecule has 0 bridgehead atoms. The van der Waals surface area contributed by atoms with Gasteiger partial charge in [0.15, 0.2) is 7.28 Å². The molecule has 0 heterocycles.